The van der Waals surface area contributed by atoms with Crippen LogP contribution in [0.15, 0.2) is 65.3 Å². The maximum Gasteiger partial charge on any atom is 0.226 e. The maximum absolute atomic E-state index is 5.76. The average molecular weight is 321 g/mol. The summed E-state index contributed by atoms with van der Waals surface area (Å²) in [4.78, 5) is 6.91. The Balaban J connectivity index is 1.70. The minimum atomic E-state index is 0.621. The predicted octanol–water partition coefficient (Wildman–Crippen LogP) is 3.61. The summed E-state index contributed by atoms with van der Waals surface area (Å²) in [7, 11) is 0. The number of nitrogens with zero attached hydrogens (tertiary/aromatic N) is 2. The van der Waals surface area contributed by atoms with E-state index < -0.39 is 0 Å². The minimum Gasteiger partial charge on any atom is -0.444 e. The molecule has 3 aromatic rings. The molecule has 0 aliphatic rings. The lowest BCUT2D eigenvalue weighted by Crippen LogP contribution is -2.28. The van der Waals surface area contributed by atoms with Gasteiger partial charge in [-0.25, -0.2) is 4.98 Å². The van der Waals surface area contributed by atoms with Crippen molar-refractivity contribution in [3.8, 4) is 11.5 Å². The third kappa shape index (κ3) is 4.31. The molecule has 124 valence electrons. The first-order valence-electron chi connectivity index (χ1n) is 8.22. The summed E-state index contributed by atoms with van der Waals surface area (Å²) in [5.41, 5.74) is 10.2. The molecule has 0 spiro atoms. The number of oxazole rings is 1. The summed E-state index contributed by atoms with van der Waals surface area (Å²) < 4.78 is 5.65. The zero-order valence-electron chi connectivity index (χ0n) is 14.0. The molecule has 0 saturated heterocycles. The second kappa shape index (κ2) is 7.90. The highest BCUT2D eigenvalue weighted by molar-refractivity contribution is 5.53. The molecule has 0 amide bonds. The maximum atomic E-state index is 5.76. The van der Waals surface area contributed by atoms with Crippen LogP contribution in [0.5, 0.6) is 0 Å². The molecule has 4 nitrogen and oxygen atoms in total. The molecule has 1 aromatic heterocycles. The van der Waals surface area contributed by atoms with E-state index in [-0.39, 0.29) is 0 Å². The fourth-order valence-corrected chi connectivity index (χ4v) is 2.68. The molecular weight excluding hydrogens is 298 g/mol. The SMILES string of the molecule is Cc1ccc(-c2nc(CN(CCN)Cc3ccccc3)co2)cc1. The molecule has 0 aliphatic heterocycles. The minimum absolute atomic E-state index is 0.621. The Hall–Kier alpha value is -2.43. The van der Waals surface area contributed by atoms with Gasteiger partial charge in [-0.15, -0.1) is 0 Å². The van der Waals surface area contributed by atoms with Crippen LogP contribution in [-0.4, -0.2) is 23.0 Å². The van der Waals surface area contributed by atoms with E-state index in [1.807, 2.05) is 18.2 Å². The number of aromatic nitrogens is 1. The van der Waals surface area contributed by atoms with Crippen LogP contribution in [0.4, 0.5) is 0 Å². The van der Waals surface area contributed by atoms with Gasteiger partial charge in [0.1, 0.15) is 6.26 Å². The van der Waals surface area contributed by atoms with E-state index in [4.69, 9.17) is 10.2 Å². The van der Waals surface area contributed by atoms with Crippen molar-refractivity contribution in [3.63, 3.8) is 0 Å². The molecule has 1 heterocycles. The van der Waals surface area contributed by atoms with Crippen LogP contribution in [-0.2, 0) is 13.1 Å². The predicted molar refractivity (Wildman–Crippen MR) is 96.3 cm³/mol. The largest absolute Gasteiger partial charge is 0.444 e. The highest BCUT2D eigenvalue weighted by Gasteiger charge is 2.11. The molecule has 3 rings (SSSR count). The van der Waals surface area contributed by atoms with E-state index in [1.54, 1.807) is 6.26 Å². The summed E-state index contributed by atoms with van der Waals surface area (Å²) in [5, 5.41) is 0. The smallest absolute Gasteiger partial charge is 0.226 e. The molecule has 0 saturated carbocycles. The number of hydrogen-bond acceptors (Lipinski definition) is 4. The lowest BCUT2D eigenvalue weighted by Gasteiger charge is -2.20. The van der Waals surface area contributed by atoms with Gasteiger partial charge in [-0.05, 0) is 24.6 Å². The van der Waals surface area contributed by atoms with Gasteiger partial charge in [0.2, 0.25) is 5.89 Å². The second-order valence-electron chi connectivity index (χ2n) is 5.99. The van der Waals surface area contributed by atoms with Crippen molar-refractivity contribution in [1.82, 2.24) is 9.88 Å². The fraction of sp³-hybridized carbons (Fsp3) is 0.250. The Morgan fingerprint density at radius 2 is 1.75 bits per heavy atom. The quantitative estimate of drug-likeness (QED) is 0.722. The van der Waals surface area contributed by atoms with Crippen LogP contribution in [0.25, 0.3) is 11.5 Å². The molecule has 0 atom stereocenters. The number of hydrogen-bond donors (Lipinski definition) is 1. The zero-order valence-corrected chi connectivity index (χ0v) is 14.0. The van der Waals surface area contributed by atoms with Crippen molar-refractivity contribution in [3.05, 3.63) is 77.7 Å². The molecule has 0 fully saturated rings. The van der Waals surface area contributed by atoms with Crippen molar-refractivity contribution in [1.29, 1.82) is 0 Å². The van der Waals surface area contributed by atoms with Gasteiger partial charge >= 0.3 is 0 Å². The van der Waals surface area contributed by atoms with Crippen molar-refractivity contribution in [2.24, 2.45) is 5.73 Å². The highest BCUT2D eigenvalue weighted by atomic mass is 16.3. The van der Waals surface area contributed by atoms with Gasteiger partial charge < -0.3 is 10.2 Å². The molecular formula is C20H23N3O. The first kappa shape index (κ1) is 16.4. The summed E-state index contributed by atoms with van der Waals surface area (Å²) in [5.74, 6) is 0.664. The van der Waals surface area contributed by atoms with Crippen LogP contribution in [0.1, 0.15) is 16.8 Å². The molecule has 2 aromatic carbocycles. The van der Waals surface area contributed by atoms with E-state index >= 15 is 0 Å². The standard InChI is InChI=1S/C20H23N3O/c1-16-7-9-18(10-8-16)20-22-19(15-24-20)14-23(12-11-21)13-17-5-3-2-4-6-17/h2-10,15H,11-14,21H2,1H3. The topological polar surface area (TPSA) is 55.3 Å². The van der Waals surface area contributed by atoms with Crippen LogP contribution >= 0.6 is 0 Å². The normalized spacial score (nSPS) is 11.1. The Kier molecular flexibility index (Phi) is 5.41. The third-order valence-corrected chi connectivity index (χ3v) is 3.93. The van der Waals surface area contributed by atoms with E-state index in [0.717, 1.165) is 30.9 Å². The Bertz CT molecular complexity index is 750. The Morgan fingerprint density at radius 1 is 1.00 bits per heavy atom. The van der Waals surface area contributed by atoms with Crippen molar-refractivity contribution >= 4 is 0 Å². The molecule has 0 bridgehead atoms. The fourth-order valence-electron chi connectivity index (χ4n) is 2.68. The lowest BCUT2D eigenvalue weighted by atomic mass is 10.1. The van der Waals surface area contributed by atoms with E-state index in [0.29, 0.717) is 12.4 Å². The van der Waals surface area contributed by atoms with Crippen LogP contribution in [0.3, 0.4) is 0 Å². The van der Waals surface area contributed by atoms with Gasteiger partial charge in [0, 0.05) is 31.7 Å². The van der Waals surface area contributed by atoms with E-state index in [1.165, 1.54) is 11.1 Å². The second-order valence-corrected chi connectivity index (χ2v) is 5.99. The molecule has 0 unspecified atom stereocenters. The van der Waals surface area contributed by atoms with Crippen molar-refractivity contribution in [2.45, 2.75) is 20.0 Å². The number of aryl methyl sites for hydroxylation is 1. The van der Waals surface area contributed by atoms with Gasteiger partial charge in [-0.3, -0.25) is 4.90 Å². The Labute approximate surface area is 142 Å². The zero-order chi connectivity index (χ0) is 16.8. The monoisotopic (exact) mass is 321 g/mol. The van der Waals surface area contributed by atoms with Gasteiger partial charge in [-0.2, -0.15) is 0 Å². The van der Waals surface area contributed by atoms with Gasteiger partial charge in [-0.1, -0.05) is 48.0 Å². The highest BCUT2D eigenvalue weighted by Crippen LogP contribution is 2.20. The molecule has 4 heteroatoms. The van der Waals surface area contributed by atoms with E-state index in [9.17, 15) is 0 Å². The van der Waals surface area contributed by atoms with Gasteiger partial charge in [0.15, 0.2) is 0 Å². The summed E-state index contributed by atoms with van der Waals surface area (Å²) in [6, 6.07) is 18.6. The summed E-state index contributed by atoms with van der Waals surface area (Å²) in [6.45, 7) is 5.09. The third-order valence-electron chi connectivity index (χ3n) is 3.93. The van der Waals surface area contributed by atoms with Crippen LogP contribution in [0, 0.1) is 6.92 Å². The van der Waals surface area contributed by atoms with Gasteiger partial charge in [0.05, 0.1) is 5.69 Å². The van der Waals surface area contributed by atoms with Crippen LogP contribution < -0.4 is 5.73 Å². The number of benzene rings is 2. The molecule has 0 aliphatic carbocycles. The van der Waals surface area contributed by atoms with E-state index in [2.05, 4.69) is 53.2 Å². The first-order chi connectivity index (χ1) is 11.7. The summed E-state index contributed by atoms with van der Waals surface area (Å²) in [6.07, 6.45) is 1.74. The lowest BCUT2D eigenvalue weighted by molar-refractivity contribution is 0.261. The van der Waals surface area contributed by atoms with Crippen LogP contribution in [0.2, 0.25) is 0 Å². The van der Waals surface area contributed by atoms with Gasteiger partial charge in [0.25, 0.3) is 0 Å². The number of nitrogens with two attached hydrogens (primary N) is 1. The molecule has 24 heavy (non-hydrogen) atoms. The number of rotatable bonds is 7. The summed E-state index contributed by atoms with van der Waals surface area (Å²) >= 11 is 0. The Morgan fingerprint density at radius 3 is 2.46 bits per heavy atom. The van der Waals surface area contributed by atoms with Crippen molar-refractivity contribution in [2.75, 3.05) is 13.1 Å². The average Bonchev–Trinajstić information content (AvgIpc) is 3.05. The van der Waals surface area contributed by atoms with Crippen molar-refractivity contribution < 1.29 is 4.42 Å². The molecule has 2 N–H and O–H groups in total. The first-order valence-corrected chi connectivity index (χ1v) is 8.22. The molecule has 0 radical (unpaired) electrons.